The van der Waals surface area contributed by atoms with Gasteiger partial charge in [0.2, 0.25) is 0 Å². The van der Waals surface area contributed by atoms with Gasteiger partial charge in [-0.25, -0.2) is 4.79 Å². The quantitative estimate of drug-likeness (QED) is 0.869. The van der Waals surface area contributed by atoms with Gasteiger partial charge < -0.3 is 5.11 Å². The first kappa shape index (κ1) is 11.7. The number of carboxylic acid groups (broad SMARTS) is 1. The standard InChI is InChI=1S/C14H11ClO2/c1-9-5-6-13(15)12(7-9)10-3-2-4-11(8-10)14(16)17/h2-8H,1H3,(H,16,17). The van der Waals surface area contributed by atoms with Crippen molar-refractivity contribution in [3.63, 3.8) is 0 Å². The molecule has 1 N–H and O–H groups in total. The first-order valence-electron chi connectivity index (χ1n) is 5.18. The highest BCUT2D eigenvalue weighted by Crippen LogP contribution is 2.29. The van der Waals surface area contributed by atoms with Crippen LogP contribution in [-0.4, -0.2) is 11.1 Å². The van der Waals surface area contributed by atoms with Gasteiger partial charge in [0.15, 0.2) is 0 Å². The van der Waals surface area contributed by atoms with Crippen molar-refractivity contribution in [2.45, 2.75) is 6.92 Å². The molecule has 0 fully saturated rings. The number of benzene rings is 2. The van der Waals surface area contributed by atoms with E-state index in [2.05, 4.69) is 0 Å². The van der Waals surface area contributed by atoms with Crippen LogP contribution in [0.5, 0.6) is 0 Å². The van der Waals surface area contributed by atoms with E-state index >= 15 is 0 Å². The molecule has 0 amide bonds. The maximum atomic E-state index is 10.9. The highest BCUT2D eigenvalue weighted by Gasteiger charge is 2.07. The highest BCUT2D eigenvalue weighted by atomic mass is 35.5. The second-order valence-electron chi connectivity index (χ2n) is 3.87. The Morgan fingerprint density at radius 1 is 1.18 bits per heavy atom. The lowest BCUT2D eigenvalue weighted by Crippen LogP contribution is -1.95. The molecule has 0 aromatic heterocycles. The number of rotatable bonds is 2. The molecule has 3 heteroatoms. The average Bonchev–Trinajstić information content (AvgIpc) is 2.32. The van der Waals surface area contributed by atoms with E-state index in [1.807, 2.05) is 31.2 Å². The van der Waals surface area contributed by atoms with Gasteiger partial charge >= 0.3 is 5.97 Å². The van der Waals surface area contributed by atoms with Crippen molar-refractivity contribution in [2.24, 2.45) is 0 Å². The summed E-state index contributed by atoms with van der Waals surface area (Å²) in [5.41, 5.74) is 3.03. The normalized spacial score (nSPS) is 10.2. The second-order valence-corrected chi connectivity index (χ2v) is 4.28. The molecule has 0 heterocycles. The molecule has 0 saturated heterocycles. The Balaban J connectivity index is 2.56. The van der Waals surface area contributed by atoms with Crippen molar-refractivity contribution in [3.8, 4) is 11.1 Å². The largest absolute Gasteiger partial charge is 0.478 e. The molecule has 0 unspecified atom stereocenters. The van der Waals surface area contributed by atoms with Gasteiger partial charge in [0.25, 0.3) is 0 Å². The van der Waals surface area contributed by atoms with Crippen molar-refractivity contribution < 1.29 is 9.90 Å². The van der Waals surface area contributed by atoms with Gasteiger partial charge in [0, 0.05) is 10.6 Å². The molecule has 17 heavy (non-hydrogen) atoms. The van der Waals surface area contributed by atoms with Crippen LogP contribution in [0.2, 0.25) is 5.02 Å². The smallest absolute Gasteiger partial charge is 0.335 e. The number of aromatic carboxylic acids is 1. The van der Waals surface area contributed by atoms with Crippen LogP contribution < -0.4 is 0 Å². The fraction of sp³-hybridized carbons (Fsp3) is 0.0714. The van der Waals surface area contributed by atoms with Crippen LogP contribution in [0.1, 0.15) is 15.9 Å². The molecule has 0 aliphatic heterocycles. The van der Waals surface area contributed by atoms with E-state index in [1.165, 1.54) is 0 Å². The van der Waals surface area contributed by atoms with Gasteiger partial charge in [-0.15, -0.1) is 0 Å². The van der Waals surface area contributed by atoms with Crippen LogP contribution in [0.25, 0.3) is 11.1 Å². The summed E-state index contributed by atoms with van der Waals surface area (Å²) >= 11 is 6.12. The van der Waals surface area contributed by atoms with Gasteiger partial charge in [0.1, 0.15) is 0 Å². The lowest BCUT2D eigenvalue weighted by Gasteiger charge is -2.06. The molecular formula is C14H11ClO2. The van der Waals surface area contributed by atoms with Crippen molar-refractivity contribution in [1.29, 1.82) is 0 Å². The summed E-state index contributed by atoms with van der Waals surface area (Å²) in [6.45, 7) is 1.97. The Morgan fingerprint density at radius 2 is 1.94 bits per heavy atom. The summed E-state index contributed by atoms with van der Waals surface area (Å²) < 4.78 is 0. The number of hydrogen-bond acceptors (Lipinski definition) is 1. The third kappa shape index (κ3) is 2.48. The molecule has 0 spiro atoms. The number of carboxylic acids is 1. The summed E-state index contributed by atoms with van der Waals surface area (Å²) in [4.78, 5) is 10.9. The van der Waals surface area contributed by atoms with Gasteiger partial charge in [-0.05, 0) is 36.8 Å². The molecule has 86 valence electrons. The molecule has 0 atom stereocenters. The maximum Gasteiger partial charge on any atom is 0.335 e. The zero-order valence-electron chi connectivity index (χ0n) is 9.27. The molecule has 0 saturated carbocycles. The Bertz CT molecular complexity index is 576. The Kier molecular flexibility index (Phi) is 3.16. The Hall–Kier alpha value is -1.80. The molecule has 2 rings (SSSR count). The average molecular weight is 247 g/mol. The summed E-state index contributed by atoms with van der Waals surface area (Å²) in [5, 5.41) is 9.57. The summed E-state index contributed by atoms with van der Waals surface area (Å²) in [5.74, 6) is -0.935. The fourth-order valence-electron chi connectivity index (χ4n) is 1.68. The number of aryl methyl sites for hydroxylation is 1. The van der Waals surface area contributed by atoms with Crippen LogP contribution in [0.15, 0.2) is 42.5 Å². The van der Waals surface area contributed by atoms with Crippen LogP contribution in [-0.2, 0) is 0 Å². The lowest BCUT2D eigenvalue weighted by atomic mass is 10.0. The van der Waals surface area contributed by atoms with Crippen molar-refractivity contribution in [3.05, 3.63) is 58.6 Å². The van der Waals surface area contributed by atoms with Crippen molar-refractivity contribution >= 4 is 17.6 Å². The third-order valence-electron chi connectivity index (χ3n) is 2.54. The van der Waals surface area contributed by atoms with E-state index in [0.717, 1.165) is 16.7 Å². The number of halogens is 1. The van der Waals surface area contributed by atoms with Gasteiger partial charge in [-0.2, -0.15) is 0 Å². The van der Waals surface area contributed by atoms with Crippen molar-refractivity contribution in [1.82, 2.24) is 0 Å². The zero-order chi connectivity index (χ0) is 12.4. The number of carbonyl (C=O) groups is 1. The fourth-order valence-corrected chi connectivity index (χ4v) is 1.91. The van der Waals surface area contributed by atoms with E-state index in [0.29, 0.717) is 5.02 Å². The molecule has 2 nitrogen and oxygen atoms in total. The summed E-state index contributed by atoms with van der Waals surface area (Å²) in [6, 6.07) is 12.5. The molecular weight excluding hydrogens is 236 g/mol. The second kappa shape index (κ2) is 4.60. The van der Waals surface area contributed by atoms with Gasteiger partial charge in [-0.3, -0.25) is 0 Å². The maximum absolute atomic E-state index is 10.9. The van der Waals surface area contributed by atoms with E-state index < -0.39 is 5.97 Å². The monoisotopic (exact) mass is 246 g/mol. The minimum Gasteiger partial charge on any atom is -0.478 e. The van der Waals surface area contributed by atoms with E-state index in [9.17, 15) is 4.79 Å². The Labute approximate surface area is 104 Å². The minimum absolute atomic E-state index is 0.264. The summed E-state index contributed by atoms with van der Waals surface area (Å²) in [7, 11) is 0. The van der Waals surface area contributed by atoms with Crippen LogP contribution in [0.3, 0.4) is 0 Å². The molecule has 0 bridgehead atoms. The van der Waals surface area contributed by atoms with Crippen LogP contribution in [0.4, 0.5) is 0 Å². The van der Waals surface area contributed by atoms with E-state index in [1.54, 1.807) is 18.2 Å². The molecule has 0 radical (unpaired) electrons. The zero-order valence-corrected chi connectivity index (χ0v) is 10.0. The van der Waals surface area contributed by atoms with Crippen LogP contribution >= 0.6 is 11.6 Å². The van der Waals surface area contributed by atoms with Crippen LogP contribution in [0, 0.1) is 6.92 Å². The first-order chi connectivity index (χ1) is 8.08. The minimum atomic E-state index is -0.935. The van der Waals surface area contributed by atoms with Gasteiger partial charge in [0.05, 0.1) is 5.56 Å². The molecule has 2 aromatic carbocycles. The van der Waals surface area contributed by atoms with Crippen molar-refractivity contribution in [2.75, 3.05) is 0 Å². The Morgan fingerprint density at radius 3 is 2.65 bits per heavy atom. The topological polar surface area (TPSA) is 37.3 Å². The predicted octanol–water partition coefficient (Wildman–Crippen LogP) is 4.01. The van der Waals surface area contributed by atoms with E-state index in [-0.39, 0.29) is 5.56 Å². The summed E-state index contributed by atoms with van der Waals surface area (Å²) in [6.07, 6.45) is 0. The highest BCUT2D eigenvalue weighted by molar-refractivity contribution is 6.33. The molecule has 2 aromatic rings. The first-order valence-corrected chi connectivity index (χ1v) is 5.55. The number of hydrogen-bond donors (Lipinski definition) is 1. The third-order valence-corrected chi connectivity index (χ3v) is 2.87. The van der Waals surface area contributed by atoms with Gasteiger partial charge in [-0.1, -0.05) is 35.4 Å². The predicted molar refractivity (Wildman–Crippen MR) is 68.6 cm³/mol. The van der Waals surface area contributed by atoms with E-state index in [4.69, 9.17) is 16.7 Å². The SMILES string of the molecule is Cc1ccc(Cl)c(-c2cccc(C(=O)O)c2)c1. The molecule has 0 aliphatic rings. The molecule has 0 aliphatic carbocycles. The lowest BCUT2D eigenvalue weighted by molar-refractivity contribution is 0.0697.